The number of furan rings is 1. The Hall–Kier alpha value is -0.850. The first-order valence-electron chi connectivity index (χ1n) is 6.26. The molecular formula is C12H20N2O3S. The molecule has 2 rings (SSSR count). The van der Waals surface area contributed by atoms with Crippen molar-refractivity contribution in [3.63, 3.8) is 0 Å². The molecule has 1 fully saturated rings. The summed E-state index contributed by atoms with van der Waals surface area (Å²) in [6.07, 6.45) is 1.93. The Balaban J connectivity index is 2.33. The number of aryl methyl sites for hydroxylation is 1. The van der Waals surface area contributed by atoms with Crippen LogP contribution in [-0.2, 0) is 16.6 Å². The standard InChI is InChI=1S/C12H20N2O3S/c1-4-14(10-5-6-10)18(15,16)12-7-11(8-13-3)17-9(12)2/h7,10,13H,4-6,8H2,1-3H3. The van der Waals surface area contributed by atoms with Crippen LogP contribution in [0.1, 0.15) is 31.3 Å². The molecule has 1 heterocycles. The molecule has 0 radical (unpaired) electrons. The summed E-state index contributed by atoms with van der Waals surface area (Å²) in [5, 5.41) is 2.95. The highest BCUT2D eigenvalue weighted by atomic mass is 32.2. The van der Waals surface area contributed by atoms with E-state index in [1.165, 1.54) is 0 Å². The van der Waals surface area contributed by atoms with Gasteiger partial charge in [0, 0.05) is 18.7 Å². The molecule has 1 saturated carbocycles. The quantitative estimate of drug-likeness (QED) is 0.852. The second-order valence-electron chi connectivity index (χ2n) is 4.60. The second kappa shape index (κ2) is 5.03. The molecule has 0 saturated heterocycles. The van der Waals surface area contributed by atoms with Crippen LogP contribution in [0, 0.1) is 6.92 Å². The number of sulfonamides is 1. The molecule has 1 aliphatic carbocycles. The van der Waals surface area contributed by atoms with Crippen LogP contribution in [0.4, 0.5) is 0 Å². The molecule has 1 N–H and O–H groups in total. The third kappa shape index (κ3) is 2.46. The lowest BCUT2D eigenvalue weighted by Gasteiger charge is -2.19. The lowest BCUT2D eigenvalue weighted by molar-refractivity contribution is 0.417. The summed E-state index contributed by atoms with van der Waals surface area (Å²) in [4.78, 5) is 0.307. The first-order chi connectivity index (χ1) is 8.50. The number of rotatable bonds is 6. The van der Waals surface area contributed by atoms with Crippen LogP contribution < -0.4 is 5.32 Å². The normalized spacial score (nSPS) is 16.4. The Morgan fingerprint density at radius 1 is 1.50 bits per heavy atom. The van der Waals surface area contributed by atoms with Crippen LogP contribution in [-0.4, -0.2) is 32.4 Å². The average molecular weight is 272 g/mol. The van der Waals surface area contributed by atoms with Gasteiger partial charge >= 0.3 is 0 Å². The van der Waals surface area contributed by atoms with Crippen LogP contribution in [0.2, 0.25) is 0 Å². The molecule has 1 aliphatic rings. The lowest BCUT2D eigenvalue weighted by Crippen LogP contribution is -2.33. The fourth-order valence-electron chi connectivity index (χ4n) is 2.15. The minimum Gasteiger partial charge on any atom is -0.464 e. The summed E-state index contributed by atoms with van der Waals surface area (Å²) < 4.78 is 32.1. The van der Waals surface area contributed by atoms with Gasteiger partial charge in [-0.1, -0.05) is 6.92 Å². The second-order valence-corrected chi connectivity index (χ2v) is 6.46. The lowest BCUT2D eigenvalue weighted by atomic mass is 10.4. The molecule has 1 aromatic rings. The summed E-state index contributed by atoms with van der Waals surface area (Å²) in [5.74, 6) is 1.12. The summed E-state index contributed by atoms with van der Waals surface area (Å²) >= 11 is 0. The maximum absolute atomic E-state index is 12.5. The van der Waals surface area contributed by atoms with Crippen LogP contribution in [0.25, 0.3) is 0 Å². The summed E-state index contributed by atoms with van der Waals surface area (Å²) in [5.41, 5.74) is 0. The molecule has 1 aromatic heterocycles. The molecule has 0 aliphatic heterocycles. The van der Waals surface area contributed by atoms with Gasteiger partial charge in [0.05, 0.1) is 6.54 Å². The van der Waals surface area contributed by atoms with Crippen molar-refractivity contribution in [1.29, 1.82) is 0 Å². The van der Waals surface area contributed by atoms with Gasteiger partial charge in [-0.2, -0.15) is 4.31 Å². The Morgan fingerprint density at radius 2 is 2.17 bits per heavy atom. The molecule has 0 aromatic carbocycles. The summed E-state index contributed by atoms with van der Waals surface area (Å²) in [6, 6.07) is 1.81. The zero-order chi connectivity index (χ0) is 13.3. The van der Waals surface area contributed by atoms with Crippen molar-refractivity contribution in [2.45, 2.75) is 44.2 Å². The van der Waals surface area contributed by atoms with Gasteiger partial charge in [0.1, 0.15) is 16.4 Å². The molecule has 0 spiro atoms. The van der Waals surface area contributed by atoms with Crippen molar-refractivity contribution >= 4 is 10.0 Å². The first kappa shape index (κ1) is 13.6. The van der Waals surface area contributed by atoms with Gasteiger partial charge in [0.2, 0.25) is 10.0 Å². The summed E-state index contributed by atoms with van der Waals surface area (Å²) in [6.45, 7) is 4.62. The van der Waals surface area contributed by atoms with E-state index < -0.39 is 10.0 Å². The first-order valence-corrected chi connectivity index (χ1v) is 7.70. The molecule has 0 unspecified atom stereocenters. The summed E-state index contributed by atoms with van der Waals surface area (Å²) in [7, 11) is -1.60. The number of hydrogen-bond acceptors (Lipinski definition) is 4. The smallest absolute Gasteiger partial charge is 0.246 e. The Labute approximate surface area is 108 Å². The topological polar surface area (TPSA) is 62.6 Å². The number of nitrogens with zero attached hydrogens (tertiary/aromatic N) is 1. The largest absolute Gasteiger partial charge is 0.464 e. The van der Waals surface area contributed by atoms with Gasteiger partial charge in [0.25, 0.3) is 0 Å². The molecule has 6 heteroatoms. The van der Waals surface area contributed by atoms with E-state index in [1.54, 1.807) is 24.3 Å². The molecule has 0 amide bonds. The van der Waals surface area contributed by atoms with Gasteiger partial charge in [-0.05, 0) is 26.8 Å². The van der Waals surface area contributed by atoms with Crippen molar-refractivity contribution in [1.82, 2.24) is 9.62 Å². The number of nitrogens with one attached hydrogen (secondary N) is 1. The SMILES string of the molecule is CCN(C1CC1)S(=O)(=O)c1cc(CNC)oc1C. The van der Waals surface area contributed by atoms with E-state index in [9.17, 15) is 8.42 Å². The molecule has 18 heavy (non-hydrogen) atoms. The van der Waals surface area contributed by atoms with Crippen LogP contribution in [0.3, 0.4) is 0 Å². The predicted octanol–water partition coefficient (Wildman–Crippen LogP) is 1.48. The van der Waals surface area contributed by atoms with E-state index >= 15 is 0 Å². The van der Waals surface area contributed by atoms with E-state index in [4.69, 9.17) is 4.42 Å². The van der Waals surface area contributed by atoms with Gasteiger partial charge in [0.15, 0.2) is 0 Å². The van der Waals surface area contributed by atoms with E-state index in [-0.39, 0.29) is 6.04 Å². The van der Waals surface area contributed by atoms with Crippen molar-refractivity contribution in [3.8, 4) is 0 Å². The highest BCUT2D eigenvalue weighted by Crippen LogP contribution is 2.33. The molecule has 0 atom stereocenters. The third-order valence-electron chi connectivity index (χ3n) is 3.13. The van der Waals surface area contributed by atoms with Gasteiger partial charge in [-0.25, -0.2) is 8.42 Å². The molecule has 102 valence electrons. The monoisotopic (exact) mass is 272 g/mol. The average Bonchev–Trinajstić information content (AvgIpc) is 3.04. The zero-order valence-corrected chi connectivity index (χ0v) is 11.9. The fourth-order valence-corrected chi connectivity index (χ4v) is 4.04. The Kier molecular flexibility index (Phi) is 3.79. The molecular weight excluding hydrogens is 252 g/mol. The Bertz CT molecular complexity index is 517. The fraction of sp³-hybridized carbons (Fsp3) is 0.667. The third-order valence-corrected chi connectivity index (χ3v) is 5.26. The van der Waals surface area contributed by atoms with Crippen LogP contribution in [0.15, 0.2) is 15.4 Å². The van der Waals surface area contributed by atoms with E-state index in [2.05, 4.69) is 5.32 Å². The maximum Gasteiger partial charge on any atom is 0.246 e. The van der Waals surface area contributed by atoms with Crippen molar-refractivity contribution in [3.05, 3.63) is 17.6 Å². The van der Waals surface area contributed by atoms with Gasteiger partial charge < -0.3 is 9.73 Å². The predicted molar refractivity (Wildman–Crippen MR) is 68.8 cm³/mol. The van der Waals surface area contributed by atoms with Crippen molar-refractivity contribution in [2.75, 3.05) is 13.6 Å². The molecule has 5 nitrogen and oxygen atoms in total. The van der Waals surface area contributed by atoms with Gasteiger partial charge in [-0.3, -0.25) is 0 Å². The van der Waals surface area contributed by atoms with E-state index in [0.717, 1.165) is 12.8 Å². The van der Waals surface area contributed by atoms with E-state index in [0.29, 0.717) is 29.5 Å². The van der Waals surface area contributed by atoms with Crippen molar-refractivity contribution in [2.24, 2.45) is 0 Å². The minimum absolute atomic E-state index is 0.182. The highest BCUT2D eigenvalue weighted by Gasteiger charge is 2.38. The Morgan fingerprint density at radius 3 is 2.67 bits per heavy atom. The van der Waals surface area contributed by atoms with E-state index in [1.807, 2.05) is 6.92 Å². The van der Waals surface area contributed by atoms with Crippen LogP contribution in [0.5, 0.6) is 0 Å². The maximum atomic E-state index is 12.5. The molecule has 0 bridgehead atoms. The van der Waals surface area contributed by atoms with Crippen molar-refractivity contribution < 1.29 is 12.8 Å². The number of hydrogen-bond donors (Lipinski definition) is 1. The minimum atomic E-state index is -3.40. The highest BCUT2D eigenvalue weighted by molar-refractivity contribution is 7.89. The van der Waals surface area contributed by atoms with Crippen LogP contribution >= 0.6 is 0 Å². The zero-order valence-electron chi connectivity index (χ0n) is 11.1. The van der Waals surface area contributed by atoms with Gasteiger partial charge in [-0.15, -0.1) is 0 Å².